The Balaban J connectivity index is 2.48. The minimum absolute atomic E-state index is 0.0729. The topological polar surface area (TPSA) is 506 Å². The molecule has 0 bridgehead atoms. The van der Waals surface area contributed by atoms with Gasteiger partial charge in [0.2, 0.25) is 65.0 Å². The van der Waals surface area contributed by atoms with E-state index in [2.05, 4.69) is 58.2 Å². The smallest absolute Gasteiger partial charge is 0.243 e. The van der Waals surface area contributed by atoms with Crippen molar-refractivity contribution in [2.45, 2.75) is 271 Å². The Labute approximate surface area is 593 Å². The monoisotopic (exact) mass is 1410 g/mol. The molecular weight excluding hydrogens is 1280 g/mol. The summed E-state index contributed by atoms with van der Waals surface area (Å²) in [5, 5.41) is 29.2. The lowest BCUT2D eigenvalue weighted by atomic mass is 9.95. The zero-order valence-corrected chi connectivity index (χ0v) is 61.5. The molecule has 1 aromatic carbocycles. The van der Waals surface area contributed by atoms with Gasteiger partial charge >= 0.3 is 0 Å². The van der Waals surface area contributed by atoms with Gasteiger partial charge in [0, 0.05) is 17.1 Å². The van der Waals surface area contributed by atoms with Crippen LogP contribution < -0.4 is 93.3 Å². The van der Waals surface area contributed by atoms with Crippen molar-refractivity contribution in [3.05, 3.63) is 36.0 Å². The first-order valence-corrected chi connectivity index (χ1v) is 36.6. The summed E-state index contributed by atoms with van der Waals surface area (Å²) in [4.78, 5) is 159. The molecular formula is C71H128N18O11. The molecule has 13 atom stereocenters. The lowest BCUT2D eigenvalue weighted by Crippen LogP contribution is -2.61. The molecule has 0 aliphatic heterocycles. The van der Waals surface area contributed by atoms with Crippen LogP contribution in [0.2, 0.25) is 0 Å². The van der Waals surface area contributed by atoms with Crippen LogP contribution in [0.5, 0.6) is 0 Å². The van der Waals surface area contributed by atoms with Gasteiger partial charge in [-0.25, -0.2) is 0 Å². The van der Waals surface area contributed by atoms with E-state index in [-0.39, 0.29) is 88.6 Å². The lowest BCUT2D eigenvalue weighted by Gasteiger charge is -2.31. The molecule has 0 saturated carbocycles. The summed E-state index contributed by atoms with van der Waals surface area (Å²) in [7, 11) is 0. The van der Waals surface area contributed by atoms with E-state index in [0.717, 1.165) is 16.5 Å². The van der Waals surface area contributed by atoms with Crippen LogP contribution in [-0.2, 0) is 59.2 Å². The van der Waals surface area contributed by atoms with Crippen molar-refractivity contribution in [2.75, 3.05) is 32.7 Å². The van der Waals surface area contributed by atoms with Gasteiger partial charge < -0.3 is 98.3 Å². The van der Waals surface area contributed by atoms with Crippen molar-refractivity contribution >= 4 is 75.9 Å². The highest BCUT2D eigenvalue weighted by molar-refractivity contribution is 5.99. The predicted octanol–water partition coefficient (Wildman–Crippen LogP) is 1.25. The summed E-state index contributed by atoms with van der Waals surface area (Å²) in [6, 6.07) is -5.18. The van der Waals surface area contributed by atoms with Crippen molar-refractivity contribution in [1.29, 1.82) is 0 Å². The molecule has 0 unspecified atom stereocenters. The number of nitrogens with two attached hydrogens (primary N) is 7. The number of H-pyrrole nitrogens is 1. The van der Waals surface area contributed by atoms with Crippen molar-refractivity contribution in [1.82, 2.24) is 58.2 Å². The zero-order valence-electron chi connectivity index (χ0n) is 61.5. The van der Waals surface area contributed by atoms with E-state index < -0.39 is 143 Å². The molecule has 2 aromatic rings. The maximum Gasteiger partial charge on any atom is 0.243 e. The highest BCUT2D eigenvalue weighted by Crippen LogP contribution is 2.21. The second-order valence-electron chi connectivity index (χ2n) is 28.1. The van der Waals surface area contributed by atoms with Crippen LogP contribution in [0.15, 0.2) is 30.5 Å². The molecule has 0 aliphatic rings. The van der Waals surface area contributed by atoms with E-state index in [0.29, 0.717) is 96.7 Å². The fraction of sp³-hybridized carbons (Fsp3) is 0.732. The summed E-state index contributed by atoms with van der Waals surface area (Å²) in [5.41, 5.74) is 42.9. The summed E-state index contributed by atoms with van der Waals surface area (Å²) < 4.78 is 0. The number of unbranched alkanes of at least 4 members (excludes halogenated alkanes) is 5. The van der Waals surface area contributed by atoms with Crippen molar-refractivity contribution in [3.63, 3.8) is 0 Å². The van der Waals surface area contributed by atoms with E-state index in [1.807, 2.05) is 79.7 Å². The normalized spacial score (nSPS) is 15.5. The molecule has 29 heteroatoms. The van der Waals surface area contributed by atoms with E-state index in [1.165, 1.54) is 0 Å². The van der Waals surface area contributed by atoms with E-state index in [9.17, 15) is 52.7 Å². The average Bonchev–Trinajstić information content (AvgIpc) is 1.49. The Kier molecular flexibility index (Phi) is 43.1. The summed E-state index contributed by atoms with van der Waals surface area (Å²) in [6.07, 6.45) is 8.75. The number of hydrogen-bond acceptors (Lipinski definition) is 17. The standard InChI is InChI=1S/C71H128N18O11/c1-11-45(9)59(70(99)80-51(61(78)90)27-15-20-32-72)88-66(95)55(31-19-24-36-76)84-68(97)58(39-44(7)8)87-71(100)60(46(10)12-2)89-65(94)54(30-18-23-35-75)82-63(92)53(29-17-22-34-74)83-67(96)56(37-42(3)4)86-69(98)57(38-43(5)6)85-64(93)52(28-16-21-33-73)81-62(91)49(77)40-47-41-79-50-26-14-13-25-48(47)50/h13-14,25-26,41-46,49,51-60,79H,11-12,15-24,27-40,72-77H2,1-10H3,(H2,78,90)(H,80,99)(H,81,91)(H,82,92)(H,83,96)(H,84,97)(H,85,93)(H,86,98)(H,87,100)(H,88,95)(H,89,94)/t45-,46-,49-,51-,52-,53-,54-,55-,56-,57-,58-,59-,60-/m0/s1. The Morgan fingerprint density at radius 1 is 0.370 bits per heavy atom. The SMILES string of the molecule is CC[C@H](C)[C@H](NC(=O)[C@H](CCCCN)NC(=O)[C@H](CC(C)C)NC(=O)[C@@H](NC(=O)[C@H](CCCCN)NC(=O)[C@H](CCCCN)NC(=O)[C@H](CC(C)C)NC(=O)[C@H](CC(C)C)NC(=O)[C@H](CCCCN)NC(=O)[C@@H](N)Cc1c[nH]c2ccccc12)[C@@H](C)CC)C(=O)N[C@@H](CCCCN)C(N)=O. The fourth-order valence-corrected chi connectivity index (χ4v) is 11.6. The van der Waals surface area contributed by atoms with Crippen LogP contribution in [-0.4, -0.2) is 169 Å². The molecule has 568 valence electrons. The van der Waals surface area contributed by atoms with Crippen LogP contribution in [0.4, 0.5) is 0 Å². The Bertz CT molecular complexity index is 2840. The minimum Gasteiger partial charge on any atom is -0.368 e. The van der Waals surface area contributed by atoms with E-state index in [4.69, 9.17) is 40.1 Å². The fourth-order valence-electron chi connectivity index (χ4n) is 11.6. The van der Waals surface area contributed by atoms with Gasteiger partial charge in [-0.3, -0.25) is 52.7 Å². The molecule has 0 aliphatic carbocycles. The number of aromatic nitrogens is 1. The van der Waals surface area contributed by atoms with Crippen molar-refractivity contribution < 1.29 is 52.7 Å². The molecule has 25 N–H and O–H groups in total. The number of primary amides is 1. The highest BCUT2D eigenvalue weighted by atomic mass is 16.2. The molecule has 1 aromatic heterocycles. The maximum atomic E-state index is 14.7. The largest absolute Gasteiger partial charge is 0.368 e. The molecule has 11 amide bonds. The Morgan fingerprint density at radius 3 is 0.970 bits per heavy atom. The number of hydrogen-bond donors (Lipinski definition) is 18. The molecule has 0 spiro atoms. The van der Waals surface area contributed by atoms with E-state index >= 15 is 0 Å². The van der Waals surface area contributed by atoms with Crippen LogP contribution in [0.1, 0.15) is 203 Å². The third kappa shape index (κ3) is 32.6. The van der Waals surface area contributed by atoms with Gasteiger partial charge in [0.1, 0.15) is 60.4 Å². The summed E-state index contributed by atoms with van der Waals surface area (Å²) >= 11 is 0. The van der Waals surface area contributed by atoms with Gasteiger partial charge in [0.25, 0.3) is 0 Å². The highest BCUT2D eigenvalue weighted by Gasteiger charge is 2.38. The van der Waals surface area contributed by atoms with Crippen LogP contribution >= 0.6 is 0 Å². The summed E-state index contributed by atoms with van der Waals surface area (Å²) in [5.74, 6) is -8.87. The van der Waals surface area contributed by atoms with Gasteiger partial charge in [-0.2, -0.15) is 0 Å². The maximum absolute atomic E-state index is 14.7. The number of carbonyl (C=O) groups excluding carboxylic acids is 11. The van der Waals surface area contributed by atoms with Gasteiger partial charge in [0.05, 0.1) is 6.04 Å². The third-order valence-corrected chi connectivity index (χ3v) is 18.0. The van der Waals surface area contributed by atoms with Gasteiger partial charge in [0.15, 0.2) is 0 Å². The van der Waals surface area contributed by atoms with Gasteiger partial charge in [-0.05, 0) is 196 Å². The molecule has 29 nitrogen and oxygen atoms in total. The first kappa shape index (κ1) is 88.8. The zero-order chi connectivity index (χ0) is 75.0. The molecule has 0 fully saturated rings. The van der Waals surface area contributed by atoms with Crippen LogP contribution in [0.3, 0.4) is 0 Å². The number of carbonyl (C=O) groups is 11. The predicted molar refractivity (Wildman–Crippen MR) is 390 cm³/mol. The molecule has 100 heavy (non-hydrogen) atoms. The van der Waals surface area contributed by atoms with Crippen LogP contribution in [0, 0.1) is 29.6 Å². The van der Waals surface area contributed by atoms with Gasteiger partial charge in [-0.15, -0.1) is 0 Å². The van der Waals surface area contributed by atoms with E-state index in [1.54, 1.807) is 20.0 Å². The first-order chi connectivity index (χ1) is 47.5. The number of fused-ring (bicyclic) bond motifs is 1. The number of amides is 11. The van der Waals surface area contributed by atoms with Crippen molar-refractivity contribution in [2.24, 2.45) is 69.7 Å². The Hall–Kier alpha value is -7.31. The van der Waals surface area contributed by atoms with Crippen molar-refractivity contribution in [3.8, 4) is 0 Å². The lowest BCUT2D eigenvalue weighted by molar-refractivity contribution is -0.137. The minimum atomic E-state index is -1.26. The number of nitrogens with one attached hydrogen (secondary N) is 11. The summed E-state index contributed by atoms with van der Waals surface area (Å²) in [6.45, 7) is 19.9. The number of para-hydroxylation sites is 1. The number of aromatic amines is 1. The Morgan fingerprint density at radius 2 is 0.650 bits per heavy atom. The molecule has 2 rings (SSSR count). The quantitative estimate of drug-likeness (QED) is 0.0414. The second-order valence-corrected chi connectivity index (χ2v) is 28.1. The third-order valence-electron chi connectivity index (χ3n) is 18.0. The van der Waals surface area contributed by atoms with Gasteiger partial charge in [-0.1, -0.05) is 100 Å². The average molecular weight is 1410 g/mol. The number of rotatable bonds is 53. The first-order valence-electron chi connectivity index (χ1n) is 36.6. The molecule has 1 heterocycles. The molecule has 0 saturated heterocycles. The second kappa shape index (κ2) is 48.5. The number of benzene rings is 1. The molecule has 0 radical (unpaired) electrons. The van der Waals surface area contributed by atoms with Crippen LogP contribution in [0.25, 0.3) is 10.9 Å².